The van der Waals surface area contributed by atoms with Crippen molar-refractivity contribution in [1.29, 1.82) is 0 Å². The average molecular weight is 525 g/mol. The van der Waals surface area contributed by atoms with Crippen LogP contribution in [0.4, 0.5) is 13.9 Å². The van der Waals surface area contributed by atoms with E-state index in [4.69, 9.17) is 4.74 Å². The van der Waals surface area contributed by atoms with Crippen LogP contribution in [0.3, 0.4) is 0 Å². The van der Waals surface area contributed by atoms with Crippen LogP contribution in [0.15, 0.2) is 71.8 Å². The lowest BCUT2D eigenvalue weighted by molar-refractivity contribution is 0.416. The van der Waals surface area contributed by atoms with E-state index in [2.05, 4.69) is 19.9 Å². The Balaban J connectivity index is 1.55. The first-order valence-corrected chi connectivity index (χ1v) is 12.9. The number of fused-ring (bicyclic) bond motifs is 1. The minimum absolute atomic E-state index is 0.0652. The smallest absolute Gasteiger partial charge is 0.263 e. The van der Waals surface area contributed by atoms with E-state index in [0.717, 1.165) is 17.4 Å². The van der Waals surface area contributed by atoms with Crippen molar-refractivity contribution in [3.05, 3.63) is 83.5 Å². The van der Waals surface area contributed by atoms with Gasteiger partial charge in [-0.25, -0.2) is 17.2 Å². The van der Waals surface area contributed by atoms with E-state index in [1.54, 1.807) is 49.5 Å². The third kappa shape index (κ3) is 4.62. The second-order valence-electron chi connectivity index (χ2n) is 7.85. The zero-order valence-electron chi connectivity index (χ0n) is 19.0. The Hall–Kier alpha value is -3.96. The Morgan fingerprint density at radius 2 is 1.69 bits per heavy atom. The molecule has 0 aliphatic rings. The van der Waals surface area contributed by atoms with Gasteiger partial charge in [0.2, 0.25) is 5.13 Å². The first-order valence-electron chi connectivity index (χ1n) is 10.6. The molecule has 0 aliphatic carbocycles. The molecule has 0 radical (unpaired) electrons. The van der Waals surface area contributed by atoms with Crippen LogP contribution in [0.1, 0.15) is 5.01 Å². The van der Waals surface area contributed by atoms with Crippen molar-refractivity contribution in [3.8, 4) is 28.1 Å². The lowest BCUT2D eigenvalue weighted by Gasteiger charge is -2.13. The van der Waals surface area contributed by atoms with E-state index >= 15 is 0 Å². The summed E-state index contributed by atoms with van der Waals surface area (Å²) in [4.78, 5) is 4.56. The topological polar surface area (TPSA) is 94.1 Å². The predicted octanol–water partition coefficient (Wildman–Crippen LogP) is 5.82. The summed E-state index contributed by atoms with van der Waals surface area (Å²) in [7, 11) is -2.38. The maximum absolute atomic E-state index is 13.7. The van der Waals surface area contributed by atoms with Gasteiger partial charge in [-0.05, 0) is 65.9 Å². The van der Waals surface area contributed by atoms with Crippen molar-refractivity contribution in [2.24, 2.45) is 0 Å². The van der Waals surface area contributed by atoms with Crippen LogP contribution in [0.5, 0.6) is 5.75 Å². The Bertz CT molecular complexity index is 1700. The molecule has 0 bridgehead atoms. The minimum atomic E-state index is -3.87. The highest BCUT2D eigenvalue weighted by molar-refractivity contribution is 7.93. The number of benzene rings is 3. The van der Waals surface area contributed by atoms with Crippen molar-refractivity contribution in [1.82, 2.24) is 15.2 Å². The highest BCUT2D eigenvalue weighted by atomic mass is 32.2. The van der Waals surface area contributed by atoms with E-state index in [0.29, 0.717) is 43.9 Å². The van der Waals surface area contributed by atoms with E-state index < -0.39 is 21.7 Å². The van der Waals surface area contributed by atoms with Gasteiger partial charge in [-0.3, -0.25) is 9.71 Å². The number of halogens is 2. The van der Waals surface area contributed by atoms with Crippen LogP contribution in [0, 0.1) is 18.6 Å². The SMILES string of the molecule is COc1cc(-c2cc(F)cc(F)c2)ccc1-c1nccc2cc(S(=O)(=O)Nc3nnc(C)s3)ccc12. The van der Waals surface area contributed by atoms with Gasteiger partial charge >= 0.3 is 0 Å². The van der Waals surface area contributed by atoms with Gasteiger partial charge in [0, 0.05) is 23.2 Å². The Labute approximate surface area is 209 Å². The fourth-order valence-electron chi connectivity index (χ4n) is 3.84. The summed E-state index contributed by atoms with van der Waals surface area (Å²) in [5.74, 6) is -0.905. The molecule has 1 N–H and O–H groups in total. The first kappa shape index (κ1) is 23.8. The fourth-order valence-corrected chi connectivity index (χ4v) is 5.69. The Morgan fingerprint density at radius 3 is 2.39 bits per heavy atom. The second-order valence-corrected chi connectivity index (χ2v) is 10.7. The van der Waals surface area contributed by atoms with Crippen molar-refractivity contribution >= 4 is 37.3 Å². The summed E-state index contributed by atoms with van der Waals surface area (Å²) in [5, 5.41) is 9.81. The van der Waals surface area contributed by atoms with Crippen LogP contribution >= 0.6 is 11.3 Å². The largest absolute Gasteiger partial charge is 0.496 e. The maximum atomic E-state index is 13.7. The highest BCUT2D eigenvalue weighted by Gasteiger charge is 2.19. The molecule has 2 heterocycles. The number of sulfonamides is 1. The second kappa shape index (κ2) is 9.25. The van der Waals surface area contributed by atoms with Gasteiger partial charge < -0.3 is 4.74 Å². The number of hydrogen-bond donors (Lipinski definition) is 1. The third-order valence-corrected chi connectivity index (χ3v) is 7.67. The molecule has 0 fully saturated rings. The number of aryl methyl sites for hydroxylation is 1. The summed E-state index contributed by atoms with van der Waals surface area (Å²) < 4.78 is 61.2. The molecule has 2 aromatic heterocycles. The number of nitrogens with zero attached hydrogens (tertiary/aromatic N) is 3. The molecule has 11 heteroatoms. The summed E-state index contributed by atoms with van der Waals surface area (Å²) in [5.41, 5.74) is 2.15. The average Bonchev–Trinajstić information content (AvgIpc) is 3.26. The molecule has 0 aliphatic heterocycles. The van der Waals surface area contributed by atoms with Gasteiger partial charge in [-0.1, -0.05) is 23.5 Å². The van der Waals surface area contributed by atoms with Crippen molar-refractivity contribution in [2.45, 2.75) is 11.8 Å². The lowest BCUT2D eigenvalue weighted by atomic mass is 9.99. The molecular formula is C25H18F2N4O3S2. The minimum Gasteiger partial charge on any atom is -0.496 e. The molecular weight excluding hydrogens is 506 g/mol. The van der Waals surface area contributed by atoms with Crippen molar-refractivity contribution < 1.29 is 21.9 Å². The monoisotopic (exact) mass is 524 g/mol. The number of ether oxygens (including phenoxy) is 1. The number of rotatable bonds is 6. The van der Waals surface area contributed by atoms with Crippen LogP contribution < -0.4 is 9.46 Å². The standard InChI is InChI=1S/C25H18F2N4O3S2/c1-14-29-30-25(35-14)31-36(32,33)20-4-6-21-16(11-20)7-8-28-24(21)22-5-3-15(12-23(22)34-2)17-9-18(26)13-19(27)10-17/h3-13H,1-2H3,(H,30,31). The van der Waals surface area contributed by atoms with Crippen molar-refractivity contribution in [2.75, 3.05) is 11.8 Å². The molecule has 0 saturated carbocycles. The summed E-state index contributed by atoms with van der Waals surface area (Å²) in [6.45, 7) is 1.73. The summed E-state index contributed by atoms with van der Waals surface area (Å²) >= 11 is 1.14. The van der Waals surface area contributed by atoms with Gasteiger partial charge in [-0.15, -0.1) is 10.2 Å². The number of pyridine rings is 1. The number of nitrogens with one attached hydrogen (secondary N) is 1. The normalized spacial score (nSPS) is 11.6. The molecule has 0 atom stereocenters. The zero-order chi connectivity index (χ0) is 25.4. The number of aromatic nitrogens is 3. The quantitative estimate of drug-likeness (QED) is 0.301. The van der Waals surface area contributed by atoms with Gasteiger partial charge in [-0.2, -0.15) is 0 Å². The number of anilines is 1. The van der Waals surface area contributed by atoms with Crippen LogP contribution in [0.25, 0.3) is 33.2 Å². The van der Waals surface area contributed by atoms with E-state index in [1.807, 2.05) is 0 Å². The Morgan fingerprint density at radius 1 is 0.917 bits per heavy atom. The van der Waals surface area contributed by atoms with Crippen LogP contribution in [0.2, 0.25) is 0 Å². The van der Waals surface area contributed by atoms with Gasteiger partial charge in [0.05, 0.1) is 17.7 Å². The van der Waals surface area contributed by atoms with Gasteiger partial charge in [0.1, 0.15) is 22.4 Å². The fraction of sp³-hybridized carbons (Fsp3) is 0.0800. The van der Waals surface area contributed by atoms with E-state index in [-0.39, 0.29) is 10.0 Å². The van der Waals surface area contributed by atoms with E-state index in [1.165, 1.54) is 25.3 Å². The van der Waals surface area contributed by atoms with Crippen LogP contribution in [-0.2, 0) is 10.0 Å². The predicted molar refractivity (Wildman–Crippen MR) is 135 cm³/mol. The highest BCUT2D eigenvalue weighted by Crippen LogP contribution is 2.37. The molecule has 0 amide bonds. The van der Waals surface area contributed by atoms with Crippen molar-refractivity contribution in [3.63, 3.8) is 0 Å². The molecule has 5 aromatic rings. The summed E-state index contributed by atoms with van der Waals surface area (Å²) in [6, 6.07) is 14.9. The maximum Gasteiger partial charge on any atom is 0.263 e. The lowest BCUT2D eigenvalue weighted by Crippen LogP contribution is -2.12. The third-order valence-electron chi connectivity index (χ3n) is 5.45. The number of methoxy groups -OCH3 is 1. The zero-order valence-corrected chi connectivity index (χ0v) is 20.6. The molecule has 0 unspecified atom stereocenters. The van der Waals surface area contributed by atoms with Gasteiger partial charge in [0.15, 0.2) is 0 Å². The summed E-state index contributed by atoms with van der Waals surface area (Å²) in [6.07, 6.45) is 1.57. The Kier molecular flexibility index (Phi) is 6.10. The molecule has 5 rings (SSSR count). The molecule has 0 saturated heterocycles. The molecule has 3 aromatic carbocycles. The van der Waals surface area contributed by atoms with Crippen LogP contribution in [-0.4, -0.2) is 30.7 Å². The molecule has 7 nitrogen and oxygen atoms in total. The van der Waals surface area contributed by atoms with E-state index in [9.17, 15) is 17.2 Å². The molecule has 182 valence electrons. The molecule has 36 heavy (non-hydrogen) atoms. The first-order chi connectivity index (χ1) is 17.2. The molecule has 0 spiro atoms. The van der Waals surface area contributed by atoms with Gasteiger partial charge in [0.25, 0.3) is 10.0 Å². The number of hydrogen-bond acceptors (Lipinski definition) is 7.